The van der Waals surface area contributed by atoms with Gasteiger partial charge in [-0.05, 0) is 44.8 Å². The van der Waals surface area contributed by atoms with Gasteiger partial charge in [0, 0.05) is 26.2 Å². The minimum absolute atomic E-state index is 0.911. The summed E-state index contributed by atoms with van der Waals surface area (Å²) in [4.78, 5) is 7.42. The number of pyridine rings is 1. The van der Waals surface area contributed by atoms with E-state index in [0.29, 0.717) is 0 Å². The highest BCUT2D eigenvalue weighted by molar-refractivity contribution is 9.11. The van der Waals surface area contributed by atoms with Crippen molar-refractivity contribution in [3.63, 3.8) is 0 Å². The molecule has 0 aromatic carbocycles. The van der Waals surface area contributed by atoms with Crippen molar-refractivity contribution in [3.05, 3.63) is 26.9 Å². The van der Waals surface area contributed by atoms with Crippen LogP contribution in [0.3, 0.4) is 0 Å². The van der Waals surface area contributed by atoms with Crippen molar-refractivity contribution < 1.29 is 0 Å². The summed E-state index contributed by atoms with van der Waals surface area (Å²) in [5.41, 5.74) is 1.91. The second-order valence-electron chi connectivity index (χ2n) is 2.61. The van der Waals surface area contributed by atoms with Crippen LogP contribution in [0.15, 0.2) is 21.2 Å². The molecular weight excluding hydrogens is 284 g/mol. The lowest BCUT2D eigenvalue weighted by Gasteiger charge is -1.96. The summed E-state index contributed by atoms with van der Waals surface area (Å²) >= 11 is 6.93. The maximum Gasteiger partial charge on any atom is 0.139 e. The highest BCUT2D eigenvalue weighted by atomic mass is 79.9. The van der Waals surface area contributed by atoms with Gasteiger partial charge in [-0.25, -0.2) is 4.98 Å². The Morgan fingerprint density at radius 1 is 1.33 bits per heavy atom. The van der Waals surface area contributed by atoms with E-state index in [4.69, 9.17) is 0 Å². The summed E-state index contributed by atoms with van der Waals surface area (Å²) in [6.45, 7) is 1.97. The van der Waals surface area contributed by atoms with Crippen LogP contribution in [0.4, 0.5) is 0 Å². The van der Waals surface area contributed by atoms with Crippen LogP contribution in [0.25, 0.3) is 11.0 Å². The van der Waals surface area contributed by atoms with E-state index in [-0.39, 0.29) is 0 Å². The summed E-state index contributed by atoms with van der Waals surface area (Å²) in [6.07, 6.45) is 1.89. The molecule has 2 aromatic rings. The molecule has 12 heavy (non-hydrogen) atoms. The molecule has 62 valence electrons. The van der Waals surface area contributed by atoms with E-state index in [9.17, 15) is 0 Å². The Labute approximate surface area is 86.6 Å². The van der Waals surface area contributed by atoms with Gasteiger partial charge in [0.1, 0.15) is 5.65 Å². The van der Waals surface area contributed by atoms with E-state index < -0.39 is 0 Å². The van der Waals surface area contributed by atoms with E-state index in [1.165, 1.54) is 0 Å². The molecule has 0 aliphatic heterocycles. The molecule has 0 aliphatic carbocycles. The Morgan fingerprint density at radius 3 is 2.83 bits per heavy atom. The van der Waals surface area contributed by atoms with Gasteiger partial charge in [0.05, 0.1) is 0 Å². The smallest absolute Gasteiger partial charge is 0.139 e. The summed E-state index contributed by atoms with van der Waals surface area (Å²) in [5, 5.41) is 1.10. The fraction of sp³-hybridized carbons (Fsp3) is 0.125. The first-order valence-electron chi connectivity index (χ1n) is 3.48. The second kappa shape index (κ2) is 2.85. The van der Waals surface area contributed by atoms with E-state index in [1.54, 1.807) is 0 Å². The Bertz CT molecular complexity index is 434. The molecular formula is C8H6Br2N2. The molecule has 0 radical (unpaired) electrons. The predicted octanol–water partition coefficient (Wildman–Crippen LogP) is 3.40. The summed E-state index contributed by atoms with van der Waals surface area (Å²) < 4.78 is 2.11. The number of halogens is 2. The first-order chi connectivity index (χ1) is 5.68. The van der Waals surface area contributed by atoms with Crippen molar-refractivity contribution in [1.82, 2.24) is 9.97 Å². The van der Waals surface area contributed by atoms with Crippen LogP contribution in [0.2, 0.25) is 0 Å². The Balaban J connectivity index is 2.93. The molecule has 2 nitrogen and oxygen atoms in total. The van der Waals surface area contributed by atoms with Crippen molar-refractivity contribution in [3.8, 4) is 0 Å². The van der Waals surface area contributed by atoms with Crippen LogP contribution < -0.4 is 0 Å². The van der Waals surface area contributed by atoms with Gasteiger partial charge < -0.3 is 4.98 Å². The molecule has 0 unspecified atom stereocenters. The van der Waals surface area contributed by atoms with Gasteiger partial charge in [0.2, 0.25) is 0 Å². The number of aryl methyl sites for hydroxylation is 1. The topological polar surface area (TPSA) is 28.7 Å². The molecule has 0 amide bonds. The first kappa shape index (κ1) is 8.26. The summed E-state index contributed by atoms with van der Waals surface area (Å²) in [7, 11) is 0. The SMILES string of the molecule is Cc1cc(Br)c2c(Br)c[nH]c2n1. The van der Waals surface area contributed by atoms with Gasteiger partial charge >= 0.3 is 0 Å². The second-order valence-corrected chi connectivity index (χ2v) is 4.31. The van der Waals surface area contributed by atoms with Gasteiger partial charge in [-0.2, -0.15) is 0 Å². The van der Waals surface area contributed by atoms with Gasteiger partial charge in [-0.15, -0.1) is 0 Å². The zero-order chi connectivity index (χ0) is 8.72. The maximum absolute atomic E-state index is 4.34. The van der Waals surface area contributed by atoms with Crippen LogP contribution in [0.5, 0.6) is 0 Å². The molecule has 0 aliphatic rings. The van der Waals surface area contributed by atoms with E-state index in [0.717, 1.165) is 25.7 Å². The minimum Gasteiger partial charge on any atom is -0.345 e. The van der Waals surface area contributed by atoms with Crippen LogP contribution >= 0.6 is 31.9 Å². The van der Waals surface area contributed by atoms with Crippen LogP contribution in [-0.4, -0.2) is 9.97 Å². The van der Waals surface area contributed by atoms with Crippen molar-refractivity contribution >= 4 is 42.9 Å². The third kappa shape index (κ3) is 1.19. The van der Waals surface area contributed by atoms with Gasteiger partial charge in [-0.1, -0.05) is 0 Å². The predicted molar refractivity (Wildman–Crippen MR) is 56.2 cm³/mol. The average molecular weight is 290 g/mol. The summed E-state index contributed by atoms with van der Waals surface area (Å²) in [5.74, 6) is 0. The van der Waals surface area contributed by atoms with Gasteiger partial charge in [0.25, 0.3) is 0 Å². The highest BCUT2D eigenvalue weighted by Crippen LogP contribution is 2.29. The number of aromatic nitrogens is 2. The number of hydrogen-bond acceptors (Lipinski definition) is 1. The standard InChI is InChI=1S/C8H6Br2N2/c1-4-2-5(9)7-6(10)3-11-8(7)12-4/h2-3H,1H3,(H,11,12). The zero-order valence-electron chi connectivity index (χ0n) is 6.36. The Kier molecular flexibility index (Phi) is 1.96. The molecule has 0 fully saturated rings. The number of hydrogen-bond donors (Lipinski definition) is 1. The lowest BCUT2D eigenvalue weighted by Crippen LogP contribution is -1.82. The van der Waals surface area contributed by atoms with E-state index in [1.807, 2.05) is 19.2 Å². The van der Waals surface area contributed by atoms with Crippen LogP contribution in [0.1, 0.15) is 5.69 Å². The molecule has 4 heteroatoms. The van der Waals surface area contributed by atoms with E-state index in [2.05, 4.69) is 41.8 Å². The third-order valence-corrected chi connectivity index (χ3v) is 2.92. The summed E-state index contributed by atoms with van der Waals surface area (Å²) in [6, 6.07) is 2.00. The normalized spacial score (nSPS) is 10.9. The minimum atomic E-state index is 0.911. The number of H-pyrrole nitrogens is 1. The van der Waals surface area contributed by atoms with Crippen molar-refractivity contribution in [2.24, 2.45) is 0 Å². The van der Waals surface area contributed by atoms with Gasteiger partial charge in [-0.3, -0.25) is 0 Å². The fourth-order valence-electron chi connectivity index (χ4n) is 1.17. The number of rotatable bonds is 0. The molecule has 0 bridgehead atoms. The molecule has 1 N–H and O–H groups in total. The fourth-order valence-corrected chi connectivity index (χ4v) is 2.68. The number of nitrogens with zero attached hydrogens (tertiary/aromatic N) is 1. The van der Waals surface area contributed by atoms with Crippen molar-refractivity contribution in [2.75, 3.05) is 0 Å². The van der Waals surface area contributed by atoms with Crippen molar-refractivity contribution in [2.45, 2.75) is 6.92 Å². The van der Waals surface area contributed by atoms with Crippen molar-refractivity contribution in [1.29, 1.82) is 0 Å². The maximum atomic E-state index is 4.34. The van der Waals surface area contributed by atoms with Crippen LogP contribution in [0, 0.1) is 6.92 Å². The molecule has 0 spiro atoms. The quantitative estimate of drug-likeness (QED) is 0.791. The monoisotopic (exact) mass is 288 g/mol. The van der Waals surface area contributed by atoms with Gasteiger partial charge in [0.15, 0.2) is 0 Å². The zero-order valence-corrected chi connectivity index (χ0v) is 9.53. The largest absolute Gasteiger partial charge is 0.345 e. The molecule has 0 saturated heterocycles. The lowest BCUT2D eigenvalue weighted by atomic mass is 10.3. The molecule has 2 heterocycles. The molecule has 2 aromatic heterocycles. The first-order valence-corrected chi connectivity index (χ1v) is 5.07. The number of fused-ring (bicyclic) bond motifs is 1. The highest BCUT2D eigenvalue weighted by Gasteiger charge is 2.06. The third-order valence-electron chi connectivity index (χ3n) is 1.67. The lowest BCUT2D eigenvalue weighted by molar-refractivity contribution is 1.22. The van der Waals surface area contributed by atoms with E-state index >= 15 is 0 Å². The Hall–Kier alpha value is -0.350. The number of aromatic amines is 1. The number of nitrogens with one attached hydrogen (secondary N) is 1. The Morgan fingerprint density at radius 2 is 2.08 bits per heavy atom. The van der Waals surface area contributed by atoms with Crippen LogP contribution in [-0.2, 0) is 0 Å². The average Bonchev–Trinajstić information content (AvgIpc) is 2.31. The molecule has 0 atom stereocenters. The molecule has 0 saturated carbocycles. The molecule has 2 rings (SSSR count).